The van der Waals surface area contributed by atoms with Crippen molar-refractivity contribution in [2.24, 2.45) is 17.3 Å². The van der Waals surface area contributed by atoms with Crippen LogP contribution in [0.25, 0.3) is 21.3 Å². The topological polar surface area (TPSA) is 131 Å². The summed E-state index contributed by atoms with van der Waals surface area (Å²) in [5, 5.41) is 28.6. The molecule has 10 rings (SSSR count). The summed E-state index contributed by atoms with van der Waals surface area (Å²) >= 11 is 7.20. The summed E-state index contributed by atoms with van der Waals surface area (Å²) in [4.78, 5) is 24.2. The number of carboxylic acids is 1. The van der Waals surface area contributed by atoms with Crippen LogP contribution in [0.1, 0.15) is 85.1 Å². The number of halogens is 1. The van der Waals surface area contributed by atoms with Crippen LogP contribution >= 0.6 is 31.8 Å². The van der Waals surface area contributed by atoms with Gasteiger partial charge in [-0.15, -0.1) is 10.2 Å². The van der Waals surface area contributed by atoms with Crippen molar-refractivity contribution in [2.45, 2.75) is 90.2 Å². The van der Waals surface area contributed by atoms with E-state index in [0.717, 1.165) is 89.2 Å². The molecule has 56 heavy (non-hydrogen) atoms. The molecule has 2 unspecified atom stereocenters. The summed E-state index contributed by atoms with van der Waals surface area (Å²) in [5.41, 5.74) is 5.46. The minimum absolute atomic E-state index is 0.00804. The van der Waals surface area contributed by atoms with E-state index in [0.29, 0.717) is 48.0 Å². The van der Waals surface area contributed by atoms with Gasteiger partial charge in [-0.1, -0.05) is 30.1 Å². The number of fused-ring (bicyclic) bond motifs is 2. The Hall–Kier alpha value is -3.20. The molecule has 1 aliphatic heterocycles. The van der Waals surface area contributed by atoms with Gasteiger partial charge in [0.15, 0.2) is 22.5 Å². The third-order valence-corrected chi connectivity index (χ3v) is 12.9. The van der Waals surface area contributed by atoms with Crippen LogP contribution in [0.5, 0.6) is 0 Å². The van der Waals surface area contributed by atoms with Crippen molar-refractivity contribution in [3.63, 3.8) is 0 Å². The average molecular weight is 932 g/mol. The number of aromatic nitrogens is 6. The molecule has 0 radical (unpaired) electrons. The van der Waals surface area contributed by atoms with Gasteiger partial charge in [-0.05, 0) is 107 Å². The van der Waals surface area contributed by atoms with Gasteiger partial charge < -0.3 is 40.8 Å². The molecule has 0 saturated heterocycles. The Bertz CT molecular complexity index is 2140. The summed E-state index contributed by atoms with van der Waals surface area (Å²) in [6.45, 7) is 17.2. The number of ether oxygens (including phenoxy) is 1. The first kappa shape index (κ1) is 41.0. The molecular formula is C42H49IN8NiO3S-3. The quantitative estimate of drug-likeness (QED) is 0.0793. The number of hydrogen-bond donors (Lipinski definition) is 2. The third kappa shape index (κ3) is 8.09. The number of carboxylic acid groups (broad SMARTS) is 1. The number of unbranched alkanes of at least 4 members (excludes halogenated alkanes) is 1. The summed E-state index contributed by atoms with van der Waals surface area (Å²) in [6.07, 6.45) is 12.5. The van der Waals surface area contributed by atoms with Crippen molar-refractivity contribution in [3.05, 3.63) is 85.9 Å². The molecule has 0 spiro atoms. The predicted molar refractivity (Wildman–Crippen MR) is 227 cm³/mol. The van der Waals surface area contributed by atoms with Crippen LogP contribution in [0.3, 0.4) is 0 Å². The average Bonchev–Trinajstić information content (AvgIpc) is 3.77. The Morgan fingerprint density at radius 2 is 1.79 bits per heavy atom. The Balaban J connectivity index is 0.000000755. The summed E-state index contributed by atoms with van der Waals surface area (Å²) in [7, 11) is 0. The van der Waals surface area contributed by atoms with E-state index >= 15 is 0 Å². The number of anilines is 4. The van der Waals surface area contributed by atoms with Gasteiger partial charge in [0.2, 0.25) is 0 Å². The standard InChI is InChI=1S/C38H41N8O3S.C4H8.HI.Ni/c1-4-49-38-17-24-14-25(18-38)16-37(15-24,20-38)21-46-23(3)28(19-39-46)27-11-12-31(41-32(27)35(47)48)45-13-7-8-26-22(2)33(43-44-34(26)45)42-36-40-29-9-5-6-10-30(29)50-36;1-3-4-2;;/h5-6,9-12,19,24-25H,1,4,7-8,13-18,20-21H2,2-3H3,(H,47,48)(H,40,42,43);1-4H2;1H;/q-1;-2;;+1/p-1. The monoisotopic (exact) mass is 930 g/mol. The van der Waals surface area contributed by atoms with Gasteiger partial charge in [0.25, 0.3) is 0 Å². The maximum atomic E-state index is 12.8. The van der Waals surface area contributed by atoms with Crippen LogP contribution in [0.4, 0.5) is 22.6 Å². The number of para-hydroxylation sites is 1. The zero-order valence-corrected chi connectivity index (χ0v) is 36.0. The molecule has 2 atom stereocenters. The van der Waals surface area contributed by atoms with Gasteiger partial charge in [-0.25, -0.2) is 27.6 Å². The number of benzene rings is 1. The van der Waals surface area contributed by atoms with Gasteiger partial charge in [0.05, 0.1) is 22.0 Å². The van der Waals surface area contributed by atoms with Crippen molar-refractivity contribution < 1.29 is 26.9 Å². The van der Waals surface area contributed by atoms with Gasteiger partial charge in [-0.3, -0.25) is 4.68 Å². The van der Waals surface area contributed by atoms with E-state index < -0.39 is 5.97 Å². The first-order valence-corrected chi connectivity index (χ1v) is 23.3. The molecule has 5 aliphatic rings. The van der Waals surface area contributed by atoms with E-state index in [-0.39, 0.29) is 16.7 Å². The van der Waals surface area contributed by atoms with Gasteiger partial charge >= 0.3 is 38.7 Å². The molecule has 5 heterocycles. The van der Waals surface area contributed by atoms with Gasteiger partial charge in [-0.2, -0.15) is 5.10 Å². The van der Waals surface area contributed by atoms with Crippen LogP contribution in [0.15, 0.2) is 42.6 Å². The second-order valence-electron chi connectivity index (χ2n) is 15.7. The predicted octanol–water partition coefficient (Wildman–Crippen LogP) is 10.00. The molecule has 4 fully saturated rings. The molecule has 4 aromatic heterocycles. The molecule has 4 saturated carbocycles. The van der Waals surface area contributed by atoms with Crippen molar-refractivity contribution in [1.82, 2.24) is 29.9 Å². The Labute approximate surface area is 353 Å². The normalized spacial score (nSPS) is 23.2. The van der Waals surface area contributed by atoms with E-state index in [1.807, 2.05) is 55.3 Å². The number of nitrogens with one attached hydrogen (secondary N) is 1. The van der Waals surface area contributed by atoms with E-state index in [2.05, 4.69) is 59.3 Å². The molecule has 4 bridgehead atoms. The SMILES string of the molecule is [CH2-]CC[CH2-].[CH2-]COC12CC3CC(CC(Cn4ncc(-c5ccc(N6CCCc7c6nnc(Nc6nc8ccccc8s6)c7C)nc5C(=O)O)c4C)(C3)C1)C2.[Ni][I]. The van der Waals surface area contributed by atoms with Gasteiger partial charge in [0.1, 0.15) is 5.82 Å². The van der Waals surface area contributed by atoms with E-state index in [1.54, 1.807) is 31.8 Å². The number of thiazole rings is 1. The number of aromatic carboxylic acids is 1. The maximum absolute atomic E-state index is 12.8. The number of pyridine rings is 1. The van der Waals surface area contributed by atoms with Crippen LogP contribution in [-0.2, 0) is 30.0 Å². The molecule has 301 valence electrons. The fourth-order valence-electron chi connectivity index (χ4n) is 10.1. The first-order valence-electron chi connectivity index (χ1n) is 19.3. The number of carbonyl (C=O) groups is 1. The molecular weight excluding hydrogens is 882 g/mol. The number of hydrogen-bond acceptors (Lipinski definition) is 10. The zero-order valence-electron chi connectivity index (χ0n) is 32.0. The van der Waals surface area contributed by atoms with Crippen LogP contribution < -0.4 is 10.2 Å². The molecule has 2 N–H and O–H groups in total. The Morgan fingerprint density at radius 1 is 1.04 bits per heavy atom. The number of nitrogens with zero attached hydrogens (tertiary/aromatic N) is 7. The summed E-state index contributed by atoms with van der Waals surface area (Å²) < 4.78 is 9.55. The first-order chi connectivity index (χ1) is 27.1. The Kier molecular flexibility index (Phi) is 12.7. The van der Waals surface area contributed by atoms with Gasteiger partial charge in [0, 0.05) is 41.0 Å². The van der Waals surface area contributed by atoms with Crippen molar-refractivity contribution >= 4 is 70.6 Å². The van der Waals surface area contributed by atoms with Crippen LogP contribution in [0.2, 0.25) is 0 Å². The van der Waals surface area contributed by atoms with Crippen molar-refractivity contribution in [3.8, 4) is 11.1 Å². The third-order valence-electron chi connectivity index (χ3n) is 11.9. The van der Waals surface area contributed by atoms with Crippen LogP contribution in [0, 0.1) is 51.9 Å². The molecule has 4 aliphatic carbocycles. The van der Waals surface area contributed by atoms with E-state index in [4.69, 9.17) is 19.8 Å². The summed E-state index contributed by atoms with van der Waals surface area (Å²) in [5.74, 6) is 2.25. The second-order valence-corrected chi connectivity index (χ2v) is 16.7. The second kappa shape index (κ2) is 17.3. The molecule has 1 aromatic carbocycles. The zero-order chi connectivity index (χ0) is 39.6. The molecule has 0 amide bonds. The Morgan fingerprint density at radius 3 is 2.48 bits per heavy atom. The number of rotatable bonds is 10. The fourth-order valence-corrected chi connectivity index (χ4v) is 10.9. The summed E-state index contributed by atoms with van der Waals surface area (Å²) in [6, 6.07) is 11.8. The molecule has 11 nitrogen and oxygen atoms in total. The molecule has 5 aromatic rings. The van der Waals surface area contributed by atoms with Crippen molar-refractivity contribution in [2.75, 3.05) is 23.4 Å². The van der Waals surface area contributed by atoms with E-state index in [1.165, 1.54) is 19.3 Å². The van der Waals surface area contributed by atoms with E-state index in [9.17, 15) is 9.90 Å². The fraction of sp³-hybridized carbons (Fsp3) is 0.452. The van der Waals surface area contributed by atoms with Crippen molar-refractivity contribution in [1.29, 1.82) is 0 Å². The van der Waals surface area contributed by atoms with Crippen LogP contribution in [-0.4, -0.2) is 59.8 Å². The minimum atomic E-state index is -1.07. The molecule has 14 heteroatoms.